The summed E-state index contributed by atoms with van der Waals surface area (Å²) in [7, 11) is 1.59. The molecule has 0 radical (unpaired) electrons. The van der Waals surface area contributed by atoms with Crippen molar-refractivity contribution in [1.82, 2.24) is 9.78 Å². The lowest BCUT2D eigenvalue weighted by Crippen LogP contribution is -2.14. The number of amides is 1. The number of nitrogens with zero attached hydrogens (tertiary/aromatic N) is 2. The zero-order valence-corrected chi connectivity index (χ0v) is 19.9. The molecule has 8 nitrogen and oxygen atoms in total. The van der Waals surface area contributed by atoms with Gasteiger partial charge in [-0.15, -0.1) is 0 Å². The van der Waals surface area contributed by atoms with Gasteiger partial charge in [-0.25, -0.2) is 4.79 Å². The van der Waals surface area contributed by atoms with Crippen LogP contribution >= 0.6 is 0 Å². The van der Waals surface area contributed by atoms with Crippen LogP contribution in [-0.2, 0) is 29.1 Å². The van der Waals surface area contributed by atoms with E-state index in [0.29, 0.717) is 23.7 Å². The van der Waals surface area contributed by atoms with E-state index in [2.05, 4.69) is 10.4 Å². The molecule has 4 aromatic rings. The number of aromatic nitrogens is 2. The van der Waals surface area contributed by atoms with Crippen LogP contribution in [0.5, 0.6) is 5.75 Å². The highest BCUT2D eigenvalue weighted by Crippen LogP contribution is 2.28. The van der Waals surface area contributed by atoms with E-state index in [1.807, 2.05) is 62.4 Å². The second-order valence-electron chi connectivity index (χ2n) is 8.24. The first-order valence-corrected chi connectivity index (χ1v) is 11.2. The lowest BCUT2D eigenvalue weighted by molar-refractivity contribution is -0.136. The molecule has 1 amide bonds. The average molecular weight is 474 g/mol. The van der Waals surface area contributed by atoms with E-state index >= 15 is 0 Å². The molecule has 180 valence electrons. The molecule has 2 N–H and O–H groups in total. The number of rotatable bonds is 8. The lowest BCUT2D eigenvalue weighted by atomic mass is 10.0. The highest BCUT2D eigenvalue weighted by molar-refractivity contribution is 5.88. The van der Waals surface area contributed by atoms with E-state index in [4.69, 9.17) is 14.6 Å². The Morgan fingerprint density at radius 3 is 2.46 bits per heavy atom. The maximum atomic E-state index is 12.4. The fourth-order valence-electron chi connectivity index (χ4n) is 4.11. The number of carbonyl (C=O) groups is 2. The van der Waals surface area contributed by atoms with Crippen LogP contribution in [0.15, 0.2) is 60.7 Å². The van der Waals surface area contributed by atoms with Gasteiger partial charge in [-0.3, -0.25) is 14.8 Å². The topological polar surface area (TPSA) is 103 Å². The molecule has 1 aromatic heterocycles. The van der Waals surface area contributed by atoms with Crippen molar-refractivity contribution in [2.75, 3.05) is 12.4 Å². The van der Waals surface area contributed by atoms with Gasteiger partial charge in [0.2, 0.25) is 0 Å². The van der Waals surface area contributed by atoms with Gasteiger partial charge >= 0.3 is 12.1 Å². The fourth-order valence-corrected chi connectivity index (χ4v) is 4.11. The Morgan fingerprint density at radius 1 is 1.00 bits per heavy atom. The molecule has 3 aromatic carbocycles. The molecule has 35 heavy (non-hydrogen) atoms. The van der Waals surface area contributed by atoms with E-state index in [1.165, 1.54) is 0 Å². The van der Waals surface area contributed by atoms with Crippen molar-refractivity contribution in [1.29, 1.82) is 0 Å². The number of fused-ring (bicyclic) bond motifs is 1. The number of hydrogen-bond acceptors (Lipinski definition) is 5. The van der Waals surface area contributed by atoms with Crippen LogP contribution in [0.1, 0.15) is 28.1 Å². The van der Waals surface area contributed by atoms with Crippen LogP contribution in [-0.4, -0.2) is 34.1 Å². The predicted octanol–water partition coefficient (Wildman–Crippen LogP) is 5.09. The maximum Gasteiger partial charge on any atom is 0.411 e. The average Bonchev–Trinajstić information content (AvgIpc) is 3.10. The first-order chi connectivity index (χ1) is 16.9. The van der Waals surface area contributed by atoms with Gasteiger partial charge in [0.15, 0.2) is 0 Å². The number of anilines is 1. The number of benzene rings is 3. The van der Waals surface area contributed by atoms with Crippen LogP contribution in [0, 0.1) is 13.8 Å². The number of aliphatic carboxylic acids is 1. The van der Waals surface area contributed by atoms with Crippen LogP contribution in [0.3, 0.4) is 0 Å². The molecule has 1 heterocycles. The summed E-state index contributed by atoms with van der Waals surface area (Å²) in [6, 6.07) is 19.1. The zero-order valence-electron chi connectivity index (χ0n) is 19.9. The van der Waals surface area contributed by atoms with Crippen LogP contribution < -0.4 is 10.1 Å². The summed E-state index contributed by atoms with van der Waals surface area (Å²) in [6.45, 7) is 4.26. The van der Waals surface area contributed by atoms with Crippen molar-refractivity contribution in [3.63, 3.8) is 0 Å². The van der Waals surface area contributed by atoms with Gasteiger partial charge in [0, 0.05) is 22.5 Å². The van der Waals surface area contributed by atoms with Gasteiger partial charge in [0.05, 0.1) is 25.8 Å². The molecule has 0 aliphatic heterocycles. The molecule has 8 heteroatoms. The quantitative estimate of drug-likeness (QED) is 0.370. The standard InChI is InChI=1S/C27H27N3O5/c1-17-23(14-26(31)32)18(2)30(29-17)15-19-8-11-21(12-9-19)28-27(33)35-16-24-22-7-5-4-6-20(22)10-13-25(24)34-3/h4-13H,14-16H2,1-3H3,(H,28,33)(H,31,32). The lowest BCUT2D eigenvalue weighted by Gasteiger charge is -2.13. The number of ether oxygens (including phenoxy) is 2. The normalized spacial score (nSPS) is 10.8. The van der Waals surface area contributed by atoms with Gasteiger partial charge in [-0.2, -0.15) is 5.10 Å². The Morgan fingerprint density at radius 2 is 1.74 bits per heavy atom. The summed E-state index contributed by atoms with van der Waals surface area (Å²) in [6.07, 6.45) is -0.614. The van der Waals surface area contributed by atoms with Gasteiger partial charge in [-0.1, -0.05) is 42.5 Å². The molecule has 0 aliphatic carbocycles. The van der Waals surface area contributed by atoms with E-state index in [9.17, 15) is 9.59 Å². The van der Waals surface area contributed by atoms with E-state index < -0.39 is 12.1 Å². The minimum absolute atomic E-state index is 0.0483. The van der Waals surface area contributed by atoms with Gasteiger partial charge < -0.3 is 14.6 Å². The number of hydrogen-bond donors (Lipinski definition) is 2. The van der Waals surface area contributed by atoms with Crippen molar-refractivity contribution in [2.24, 2.45) is 0 Å². The highest BCUT2D eigenvalue weighted by atomic mass is 16.5. The molecule has 0 saturated heterocycles. The molecule has 0 unspecified atom stereocenters. The monoisotopic (exact) mass is 473 g/mol. The SMILES string of the molecule is COc1ccc2ccccc2c1COC(=O)Nc1ccc(Cn2nc(C)c(CC(=O)O)c2C)cc1. The molecule has 0 saturated carbocycles. The van der Waals surface area contributed by atoms with Crippen LogP contribution in [0.4, 0.5) is 10.5 Å². The van der Waals surface area contributed by atoms with E-state index in [1.54, 1.807) is 23.9 Å². The molecular weight excluding hydrogens is 446 g/mol. The summed E-state index contributed by atoms with van der Waals surface area (Å²) in [5.74, 6) is -0.214. The van der Waals surface area contributed by atoms with Crippen LogP contribution in [0.25, 0.3) is 10.8 Å². The van der Waals surface area contributed by atoms with Crippen molar-refractivity contribution in [3.05, 3.63) is 88.7 Å². The Bertz CT molecular complexity index is 1380. The molecule has 0 aliphatic rings. The number of carbonyl (C=O) groups excluding carboxylic acids is 1. The van der Waals surface area contributed by atoms with Crippen molar-refractivity contribution < 1.29 is 24.2 Å². The van der Waals surface area contributed by atoms with Gasteiger partial charge in [0.1, 0.15) is 12.4 Å². The summed E-state index contributed by atoms with van der Waals surface area (Å²) >= 11 is 0. The fraction of sp³-hybridized carbons (Fsp3) is 0.222. The summed E-state index contributed by atoms with van der Waals surface area (Å²) in [4.78, 5) is 23.5. The molecular formula is C27H27N3O5. The van der Waals surface area contributed by atoms with Crippen molar-refractivity contribution in [3.8, 4) is 5.75 Å². The third-order valence-corrected chi connectivity index (χ3v) is 5.96. The number of methoxy groups -OCH3 is 1. The molecule has 0 spiro atoms. The number of nitrogens with one attached hydrogen (secondary N) is 1. The zero-order chi connectivity index (χ0) is 24.9. The number of carboxylic acids is 1. The Balaban J connectivity index is 1.39. The summed E-state index contributed by atoms with van der Waals surface area (Å²) < 4.78 is 12.7. The molecule has 0 fully saturated rings. The van der Waals surface area contributed by atoms with Gasteiger partial charge in [0.25, 0.3) is 0 Å². The number of aryl methyl sites for hydroxylation is 1. The minimum Gasteiger partial charge on any atom is -0.496 e. The van der Waals surface area contributed by atoms with Crippen molar-refractivity contribution >= 4 is 28.5 Å². The third-order valence-electron chi connectivity index (χ3n) is 5.96. The summed E-state index contributed by atoms with van der Waals surface area (Å²) in [5, 5.41) is 18.3. The summed E-state index contributed by atoms with van der Waals surface area (Å²) in [5.41, 5.74) is 4.67. The second-order valence-corrected chi connectivity index (χ2v) is 8.24. The molecule has 4 rings (SSSR count). The van der Waals surface area contributed by atoms with Gasteiger partial charge in [-0.05, 0) is 48.4 Å². The maximum absolute atomic E-state index is 12.4. The van der Waals surface area contributed by atoms with Crippen LogP contribution in [0.2, 0.25) is 0 Å². The largest absolute Gasteiger partial charge is 0.496 e. The predicted molar refractivity (Wildman–Crippen MR) is 133 cm³/mol. The number of carboxylic acid groups (broad SMARTS) is 1. The van der Waals surface area contributed by atoms with Crippen molar-refractivity contribution in [2.45, 2.75) is 33.4 Å². The third kappa shape index (κ3) is 5.43. The Hall–Kier alpha value is -4.33. The minimum atomic E-state index is -0.878. The van der Waals surface area contributed by atoms with E-state index in [0.717, 1.165) is 33.2 Å². The van der Waals surface area contributed by atoms with E-state index in [-0.39, 0.29) is 13.0 Å². The second kappa shape index (κ2) is 10.3. The first-order valence-electron chi connectivity index (χ1n) is 11.2. The smallest absolute Gasteiger partial charge is 0.411 e. The first kappa shape index (κ1) is 23.8. The Labute approximate surface area is 203 Å². The molecule has 0 atom stereocenters. The highest BCUT2D eigenvalue weighted by Gasteiger charge is 2.15. The Kier molecular flexibility index (Phi) is 7.01. The molecule has 0 bridgehead atoms.